The van der Waals surface area contributed by atoms with E-state index in [1.165, 1.54) is 4.88 Å². The van der Waals surface area contributed by atoms with E-state index in [1.54, 1.807) is 11.3 Å². The number of thiophene rings is 1. The highest BCUT2D eigenvalue weighted by atomic mass is 32.1. The number of para-hydroxylation sites is 1. The SMILES string of the molecule is Cc1cc(C(O)c2ccc(C)s2)c2ccccc2n1. The van der Waals surface area contributed by atoms with Gasteiger partial charge in [0.2, 0.25) is 0 Å². The number of nitrogens with zero attached hydrogens (tertiary/aromatic N) is 1. The van der Waals surface area contributed by atoms with Crippen LogP contribution in [0.4, 0.5) is 0 Å². The van der Waals surface area contributed by atoms with E-state index in [9.17, 15) is 5.11 Å². The molecule has 96 valence electrons. The van der Waals surface area contributed by atoms with Crippen LogP contribution in [-0.2, 0) is 0 Å². The largest absolute Gasteiger partial charge is 0.383 e. The molecule has 2 nitrogen and oxygen atoms in total. The van der Waals surface area contributed by atoms with E-state index >= 15 is 0 Å². The maximum absolute atomic E-state index is 10.6. The number of fused-ring (bicyclic) bond motifs is 1. The lowest BCUT2D eigenvalue weighted by Gasteiger charge is -2.13. The lowest BCUT2D eigenvalue weighted by atomic mass is 10.0. The van der Waals surface area contributed by atoms with Gasteiger partial charge in [-0.1, -0.05) is 18.2 Å². The molecule has 0 aliphatic heterocycles. The van der Waals surface area contributed by atoms with Crippen LogP contribution < -0.4 is 0 Å². The Labute approximate surface area is 116 Å². The van der Waals surface area contributed by atoms with Crippen molar-refractivity contribution in [2.45, 2.75) is 20.0 Å². The van der Waals surface area contributed by atoms with Crippen molar-refractivity contribution in [3.05, 3.63) is 63.5 Å². The quantitative estimate of drug-likeness (QED) is 0.763. The Morgan fingerprint density at radius 1 is 1.11 bits per heavy atom. The maximum Gasteiger partial charge on any atom is 0.114 e. The Morgan fingerprint density at radius 3 is 2.63 bits per heavy atom. The number of benzene rings is 1. The molecule has 3 rings (SSSR count). The molecule has 1 unspecified atom stereocenters. The van der Waals surface area contributed by atoms with Crippen molar-refractivity contribution in [1.29, 1.82) is 0 Å². The molecule has 19 heavy (non-hydrogen) atoms. The summed E-state index contributed by atoms with van der Waals surface area (Å²) in [6, 6.07) is 14.0. The van der Waals surface area contributed by atoms with Crippen molar-refractivity contribution in [3.63, 3.8) is 0 Å². The number of hydrogen-bond donors (Lipinski definition) is 1. The zero-order chi connectivity index (χ0) is 13.4. The van der Waals surface area contributed by atoms with Gasteiger partial charge < -0.3 is 5.11 Å². The first-order valence-electron chi connectivity index (χ1n) is 6.26. The first-order valence-corrected chi connectivity index (χ1v) is 7.07. The van der Waals surface area contributed by atoms with E-state index in [2.05, 4.69) is 11.9 Å². The average Bonchev–Trinajstić information content (AvgIpc) is 2.83. The third kappa shape index (κ3) is 2.27. The van der Waals surface area contributed by atoms with Gasteiger partial charge in [0.1, 0.15) is 6.10 Å². The maximum atomic E-state index is 10.6. The van der Waals surface area contributed by atoms with Gasteiger partial charge in [-0.15, -0.1) is 11.3 Å². The smallest absolute Gasteiger partial charge is 0.114 e. The second-order valence-corrected chi connectivity index (χ2v) is 6.04. The number of rotatable bonds is 2. The van der Waals surface area contributed by atoms with Gasteiger partial charge in [0.05, 0.1) is 5.52 Å². The van der Waals surface area contributed by atoms with E-state index in [0.717, 1.165) is 27.0 Å². The molecule has 1 N–H and O–H groups in total. The fourth-order valence-corrected chi connectivity index (χ4v) is 3.20. The number of pyridine rings is 1. The molecular formula is C16H15NOS. The summed E-state index contributed by atoms with van der Waals surface area (Å²) >= 11 is 1.63. The predicted octanol–water partition coefficient (Wildman–Crippen LogP) is 3.99. The molecule has 3 heteroatoms. The standard InChI is InChI=1S/C16H15NOS/c1-10-9-13(12-5-3-4-6-14(12)17-10)16(18)15-8-7-11(2)19-15/h3-9,16,18H,1-2H3. The molecule has 0 aliphatic rings. The van der Waals surface area contributed by atoms with E-state index < -0.39 is 6.10 Å². The van der Waals surface area contributed by atoms with E-state index in [0.29, 0.717) is 0 Å². The summed E-state index contributed by atoms with van der Waals surface area (Å²) in [5, 5.41) is 11.6. The Hall–Kier alpha value is -1.71. The Balaban J connectivity index is 2.19. The Kier molecular flexibility index (Phi) is 3.09. The lowest BCUT2D eigenvalue weighted by molar-refractivity contribution is 0.225. The van der Waals surface area contributed by atoms with Crippen molar-refractivity contribution in [2.75, 3.05) is 0 Å². The minimum absolute atomic E-state index is 0.578. The summed E-state index contributed by atoms with van der Waals surface area (Å²) in [7, 11) is 0. The molecule has 3 aromatic rings. The number of aryl methyl sites for hydroxylation is 2. The molecule has 0 aliphatic carbocycles. The number of aliphatic hydroxyl groups is 1. The number of hydrogen-bond acceptors (Lipinski definition) is 3. The van der Waals surface area contributed by atoms with Gasteiger partial charge in [0.15, 0.2) is 0 Å². The molecule has 2 aromatic heterocycles. The van der Waals surface area contributed by atoms with Crippen molar-refractivity contribution in [3.8, 4) is 0 Å². The van der Waals surface area contributed by atoms with Crippen LogP contribution in [0.25, 0.3) is 10.9 Å². The van der Waals surface area contributed by atoms with Crippen LogP contribution >= 0.6 is 11.3 Å². The molecule has 0 amide bonds. The molecule has 0 saturated heterocycles. The van der Waals surface area contributed by atoms with Gasteiger partial charge in [-0.2, -0.15) is 0 Å². The van der Waals surface area contributed by atoms with Crippen LogP contribution in [0, 0.1) is 13.8 Å². The third-order valence-corrected chi connectivity index (χ3v) is 4.25. The summed E-state index contributed by atoms with van der Waals surface area (Å²) < 4.78 is 0. The summed E-state index contributed by atoms with van der Waals surface area (Å²) in [5.41, 5.74) is 2.80. The predicted molar refractivity (Wildman–Crippen MR) is 79.6 cm³/mol. The van der Waals surface area contributed by atoms with Gasteiger partial charge >= 0.3 is 0 Å². The highest BCUT2D eigenvalue weighted by molar-refractivity contribution is 7.12. The Morgan fingerprint density at radius 2 is 1.89 bits per heavy atom. The van der Waals surface area contributed by atoms with Crippen LogP contribution in [0.2, 0.25) is 0 Å². The van der Waals surface area contributed by atoms with E-state index in [4.69, 9.17) is 0 Å². The zero-order valence-corrected chi connectivity index (χ0v) is 11.7. The van der Waals surface area contributed by atoms with Crippen molar-refractivity contribution >= 4 is 22.2 Å². The molecule has 0 radical (unpaired) electrons. The fraction of sp³-hybridized carbons (Fsp3) is 0.188. The minimum atomic E-state index is -0.578. The van der Waals surface area contributed by atoms with E-state index in [1.807, 2.05) is 49.4 Å². The molecular weight excluding hydrogens is 254 g/mol. The first kappa shape index (κ1) is 12.3. The van der Waals surface area contributed by atoms with Crippen molar-refractivity contribution in [2.24, 2.45) is 0 Å². The Bertz CT molecular complexity index is 732. The minimum Gasteiger partial charge on any atom is -0.383 e. The average molecular weight is 269 g/mol. The molecule has 1 atom stereocenters. The van der Waals surface area contributed by atoms with Gasteiger partial charge in [-0.25, -0.2) is 0 Å². The summed E-state index contributed by atoms with van der Waals surface area (Å²) in [6.45, 7) is 4.01. The molecule has 0 fully saturated rings. The molecule has 2 heterocycles. The van der Waals surface area contributed by atoms with Crippen LogP contribution in [0.1, 0.15) is 27.1 Å². The molecule has 0 saturated carbocycles. The van der Waals surface area contributed by atoms with Gasteiger partial charge in [0.25, 0.3) is 0 Å². The number of aliphatic hydroxyl groups excluding tert-OH is 1. The normalized spacial score (nSPS) is 12.8. The molecule has 0 bridgehead atoms. The van der Waals surface area contributed by atoms with Crippen LogP contribution in [0.15, 0.2) is 42.5 Å². The van der Waals surface area contributed by atoms with Gasteiger partial charge in [0, 0.05) is 20.8 Å². The first-order chi connectivity index (χ1) is 9.15. The highest BCUT2D eigenvalue weighted by Crippen LogP contribution is 2.32. The van der Waals surface area contributed by atoms with Gasteiger partial charge in [-0.3, -0.25) is 4.98 Å². The molecule has 1 aromatic carbocycles. The van der Waals surface area contributed by atoms with Crippen LogP contribution in [0.3, 0.4) is 0 Å². The van der Waals surface area contributed by atoms with Gasteiger partial charge in [-0.05, 0) is 43.7 Å². The molecule has 0 spiro atoms. The monoisotopic (exact) mass is 269 g/mol. The second-order valence-electron chi connectivity index (χ2n) is 4.72. The summed E-state index contributed by atoms with van der Waals surface area (Å²) in [4.78, 5) is 6.70. The third-order valence-electron chi connectivity index (χ3n) is 3.20. The topological polar surface area (TPSA) is 33.1 Å². The van der Waals surface area contributed by atoms with Crippen LogP contribution in [0.5, 0.6) is 0 Å². The second kappa shape index (κ2) is 4.76. The van der Waals surface area contributed by atoms with Crippen molar-refractivity contribution < 1.29 is 5.11 Å². The fourth-order valence-electron chi connectivity index (χ4n) is 2.32. The van der Waals surface area contributed by atoms with E-state index in [-0.39, 0.29) is 0 Å². The van der Waals surface area contributed by atoms with Crippen LogP contribution in [-0.4, -0.2) is 10.1 Å². The zero-order valence-electron chi connectivity index (χ0n) is 10.9. The highest BCUT2D eigenvalue weighted by Gasteiger charge is 2.16. The number of aromatic nitrogens is 1. The van der Waals surface area contributed by atoms with Crippen molar-refractivity contribution in [1.82, 2.24) is 4.98 Å². The lowest BCUT2D eigenvalue weighted by Crippen LogP contribution is -2.00. The summed E-state index contributed by atoms with van der Waals surface area (Å²) in [5.74, 6) is 0. The summed E-state index contributed by atoms with van der Waals surface area (Å²) in [6.07, 6.45) is -0.578.